The topological polar surface area (TPSA) is 56.8 Å². The summed E-state index contributed by atoms with van der Waals surface area (Å²) in [6, 6.07) is 14.0. The van der Waals surface area contributed by atoms with Crippen molar-refractivity contribution in [3.05, 3.63) is 77.1 Å². The third kappa shape index (κ3) is 5.79. The number of hydrogen-bond donors (Lipinski definition) is 1. The standard InChI is InChI=1S/C31H34FNO4/c1-7-8-29(34)37-22-11-14-27(35-6)24(16-22)23-12-13-26-30(20(3)17-31(4,5)33-26)25(23)18-36-28-15-21(32)10-9-19(28)2/h9-17,33H,7-8,18H2,1-6H3. The minimum Gasteiger partial charge on any atom is -0.496 e. The van der Waals surface area contributed by atoms with Gasteiger partial charge in [-0.25, -0.2) is 4.39 Å². The van der Waals surface area contributed by atoms with Crippen molar-refractivity contribution >= 4 is 17.2 Å². The molecule has 0 atom stereocenters. The number of halogens is 1. The van der Waals surface area contributed by atoms with Gasteiger partial charge < -0.3 is 19.5 Å². The first-order valence-corrected chi connectivity index (χ1v) is 12.5. The lowest BCUT2D eigenvalue weighted by atomic mass is 9.85. The van der Waals surface area contributed by atoms with Crippen LogP contribution in [0.3, 0.4) is 0 Å². The molecule has 3 aromatic carbocycles. The Morgan fingerprint density at radius 3 is 2.51 bits per heavy atom. The van der Waals surface area contributed by atoms with Gasteiger partial charge in [0.05, 0.1) is 12.6 Å². The quantitative estimate of drug-likeness (QED) is 0.252. The fourth-order valence-corrected chi connectivity index (χ4v) is 4.83. The molecular weight excluding hydrogens is 469 g/mol. The van der Waals surface area contributed by atoms with Gasteiger partial charge in [0.15, 0.2) is 0 Å². The molecule has 1 aliphatic heterocycles. The normalized spacial score (nSPS) is 13.8. The smallest absolute Gasteiger partial charge is 0.311 e. The van der Waals surface area contributed by atoms with Gasteiger partial charge in [0.25, 0.3) is 0 Å². The summed E-state index contributed by atoms with van der Waals surface area (Å²) in [5.74, 6) is 0.956. The van der Waals surface area contributed by atoms with E-state index in [1.165, 1.54) is 12.1 Å². The fraction of sp³-hybridized carbons (Fsp3) is 0.323. The molecule has 0 bridgehead atoms. The van der Waals surface area contributed by atoms with Gasteiger partial charge >= 0.3 is 5.97 Å². The molecule has 0 saturated carbocycles. The fourth-order valence-electron chi connectivity index (χ4n) is 4.83. The third-order valence-electron chi connectivity index (χ3n) is 6.41. The van der Waals surface area contributed by atoms with Crippen molar-refractivity contribution in [1.82, 2.24) is 0 Å². The van der Waals surface area contributed by atoms with Gasteiger partial charge in [0, 0.05) is 34.9 Å². The summed E-state index contributed by atoms with van der Waals surface area (Å²) < 4.78 is 31.5. The molecule has 194 valence electrons. The lowest BCUT2D eigenvalue weighted by molar-refractivity contribution is -0.134. The predicted octanol–water partition coefficient (Wildman–Crippen LogP) is 7.70. The molecule has 0 amide bonds. The van der Waals surface area contributed by atoms with Gasteiger partial charge in [-0.15, -0.1) is 0 Å². The monoisotopic (exact) mass is 503 g/mol. The molecule has 0 fully saturated rings. The Labute approximate surface area is 218 Å². The van der Waals surface area contributed by atoms with Crippen LogP contribution in [-0.4, -0.2) is 18.6 Å². The lowest BCUT2D eigenvalue weighted by Crippen LogP contribution is -2.32. The molecule has 0 saturated heterocycles. The number of ether oxygens (including phenoxy) is 3. The van der Waals surface area contributed by atoms with Crippen LogP contribution in [0.5, 0.6) is 17.2 Å². The van der Waals surface area contributed by atoms with Gasteiger partial charge in [-0.3, -0.25) is 4.79 Å². The summed E-state index contributed by atoms with van der Waals surface area (Å²) in [5, 5.41) is 3.59. The number of anilines is 1. The van der Waals surface area contributed by atoms with Crippen LogP contribution in [0.1, 0.15) is 57.2 Å². The molecule has 0 spiro atoms. The van der Waals surface area contributed by atoms with Gasteiger partial charge in [-0.2, -0.15) is 0 Å². The van der Waals surface area contributed by atoms with Gasteiger partial charge in [-0.05, 0) is 81.1 Å². The minimum absolute atomic E-state index is 0.207. The Bertz CT molecular complexity index is 1360. The van der Waals surface area contributed by atoms with E-state index in [4.69, 9.17) is 14.2 Å². The number of rotatable bonds is 8. The summed E-state index contributed by atoms with van der Waals surface area (Å²) in [5.41, 5.74) is 6.36. The molecule has 0 unspecified atom stereocenters. The maximum atomic E-state index is 14.0. The van der Waals surface area contributed by atoms with E-state index in [2.05, 4.69) is 38.2 Å². The van der Waals surface area contributed by atoms with Gasteiger partial charge in [0.2, 0.25) is 0 Å². The zero-order chi connectivity index (χ0) is 26.7. The Morgan fingerprint density at radius 2 is 1.78 bits per heavy atom. The van der Waals surface area contributed by atoms with Crippen LogP contribution >= 0.6 is 0 Å². The average Bonchev–Trinajstić information content (AvgIpc) is 2.83. The molecule has 0 radical (unpaired) electrons. The van der Waals surface area contributed by atoms with Crippen molar-refractivity contribution < 1.29 is 23.4 Å². The molecule has 4 rings (SSSR count). The predicted molar refractivity (Wildman–Crippen MR) is 146 cm³/mol. The highest BCUT2D eigenvalue weighted by Gasteiger charge is 2.27. The van der Waals surface area contributed by atoms with Crippen LogP contribution < -0.4 is 19.5 Å². The summed E-state index contributed by atoms with van der Waals surface area (Å²) in [6.45, 7) is 10.4. The number of methoxy groups -OCH3 is 1. The van der Waals surface area contributed by atoms with Crippen molar-refractivity contribution in [2.45, 2.75) is 59.6 Å². The number of benzene rings is 3. The Morgan fingerprint density at radius 1 is 1.00 bits per heavy atom. The highest BCUT2D eigenvalue weighted by Crippen LogP contribution is 2.43. The second kappa shape index (κ2) is 10.7. The van der Waals surface area contributed by atoms with Gasteiger partial charge in [-0.1, -0.05) is 25.1 Å². The van der Waals surface area contributed by atoms with E-state index in [9.17, 15) is 9.18 Å². The molecule has 3 aromatic rings. The van der Waals surface area contributed by atoms with E-state index in [1.807, 2.05) is 26.0 Å². The molecule has 0 aromatic heterocycles. The first-order valence-electron chi connectivity index (χ1n) is 12.5. The molecule has 37 heavy (non-hydrogen) atoms. The van der Waals surface area contributed by atoms with Crippen molar-refractivity contribution in [3.63, 3.8) is 0 Å². The summed E-state index contributed by atoms with van der Waals surface area (Å²) in [4.78, 5) is 12.2. The molecule has 1 heterocycles. The SMILES string of the molecule is CCCC(=O)Oc1ccc(OC)c(-c2ccc3c(c2COc2cc(F)ccc2C)C(C)=CC(C)(C)N3)c1. The van der Waals surface area contributed by atoms with Crippen LogP contribution in [0, 0.1) is 12.7 Å². The van der Waals surface area contributed by atoms with Gasteiger partial charge in [0.1, 0.15) is 29.7 Å². The Hall–Kier alpha value is -3.80. The number of nitrogens with one attached hydrogen (secondary N) is 1. The van der Waals surface area contributed by atoms with Crippen LogP contribution in [0.15, 0.2) is 54.6 Å². The first kappa shape index (κ1) is 26.3. The Kier molecular flexibility index (Phi) is 7.58. The van der Waals surface area contributed by atoms with E-state index in [-0.39, 0.29) is 23.9 Å². The summed E-state index contributed by atoms with van der Waals surface area (Å²) >= 11 is 0. The number of carbonyl (C=O) groups is 1. The minimum atomic E-state index is -0.348. The van der Waals surface area contributed by atoms with Crippen molar-refractivity contribution in [1.29, 1.82) is 0 Å². The number of aryl methyl sites for hydroxylation is 1. The summed E-state index contributed by atoms with van der Waals surface area (Å²) in [7, 11) is 1.61. The lowest BCUT2D eigenvalue weighted by Gasteiger charge is -2.33. The number of esters is 1. The van der Waals surface area contributed by atoms with Crippen molar-refractivity contribution in [2.24, 2.45) is 0 Å². The van der Waals surface area contributed by atoms with Crippen molar-refractivity contribution in [3.8, 4) is 28.4 Å². The van der Waals surface area contributed by atoms with E-state index >= 15 is 0 Å². The average molecular weight is 504 g/mol. The Balaban J connectivity index is 1.86. The molecule has 6 heteroatoms. The number of carbonyl (C=O) groups excluding carboxylic acids is 1. The maximum Gasteiger partial charge on any atom is 0.311 e. The van der Waals surface area contributed by atoms with E-state index < -0.39 is 0 Å². The van der Waals surface area contributed by atoms with Crippen LogP contribution in [0.2, 0.25) is 0 Å². The molecule has 5 nitrogen and oxygen atoms in total. The second-order valence-corrected chi connectivity index (χ2v) is 9.97. The van der Waals surface area contributed by atoms with E-state index in [1.54, 1.807) is 25.3 Å². The van der Waals surface area contributed by atoms with E-state index in [0.717, 1.165) is 39.1 Å². The number of hydrogen-bond acceptors (Lipinski definition) is 5. The molecule has 1 N–H and O–H groups in total. The zero-order valence-corrected chi connectivity index (χ0v) is 22.3. The number of fused-ring (bicyclic) bond motifs is 1. The number of allylic oxidation sites excluding steroid dienone is 1. The van der Waals surface area contributed by atoms with Crippen LogP contribution in [0.25, 0.3) is 16.7 Å². The second-order valence-electron chi connectivity index (χ2n) is 9.97. The molecule has 1 aliphatic rings. The summed E-state index contributed by atoms with van der Waals surface area (Å²) in [6.07, 6.45) is 3.25. The van der Waals surface area contributed by atoms with Crippen molar-refractivity contribution in [2.75, 3.05) is 12.4 Å². The zero-order valence-electron chi connectivity index (χ0n) is 22.3. The first-order chi connectivity index (χ1) is 17.6. The highest BCUT2D eigenvalue weighted by atomic mass is 19.1. The van der Waals surface area contributed by atoms with Crippen LogP contribution in [-0.2, 0) is 11.4 Å². The van der Waals surface area contributed by atoms with Crippen LogP contribution in [0.4, 0.5) is 10.1 Å². The molecular formula is C31H34FNO4. The highest BCUT2D eigenvalue weighted by molar-refractivity contribution is 5.89. The van der Waals surface area contributed by atoms with E-state index in [0.29, 0.717) is 30.1 Å². The maximum absolute atomic E-state index is 14.0. The third-order valence-corrected chi connectivity index (χ3v) is 6.41. The largest absolute Gasteiger partial charge is 0.496 e. The molecule has 0 aliphatic carbocycles.